The van der Waals surface area contributed by atoms with Gasteiger partial charge in [0.25, 0.3) is 5.91 Å². The Kier molecular flexibility index (Phi) is 7.25. The van der Waals surface area contributed by atoms with Gasteiger partial charge in [-0.15, -0.1) is 11.3 Å². The summed E-state index contributed by atoms with van der Waals surface area (Å²) in [5.41, 5.74) is 3.64. The molecule has 0 bridgehead atoms. The molecule has 1 heterocycles. The van der Waals surface area contributed by atoms with E-state index in [0.29, 0.717) is 22.7 Å². The monoisotopic (exact) mass is 423 g/mol. The van der Waals surface area contributed by atoms with Gasteiger partial charge in [-0.2, -0.15) is 0 Å². The summed E-state index contributed by atoms with van der Waals surface area (Å²) in [6.45, 7) is 6.59. The Labute approximate surface area is 180 Å². The normalized spacial score (nSPS) is 10.5. The van der Waals surface area contributed by atoms with Crippen LogP contribution in [0.5, 0.6) is 5.75 Å². The molecule has 156 valence electrons. The van der Waals surface area contributed by atoms with E-state index in [4.69, 9.17) is 9.47 Å². The average Bonchev–Trinajstić information content (AvgIpc) is 3.18. The average molecular weight is 424 g/mol. The molecule has 1 N–H and O–H groups in total. The first kappa shape index (κ1) is 21.6. The van der Waals surface area contributed by atoms with Crippen LogP contribution in [0, 0.1) is 0 Å². The molecule has 0 aliphatic rings. The summed E-state index contributed by atoms with van der Waals surface area (Å²) >= 11 is 1.31. The van der Waals surface area contributed by atoms with Crippen molar-refractivity contribution in [3.63, 3.8) is 0 Å². The smallest absolute Gasteiger partial charge is 0.341 e. The summed E-state index contributed by atoms with van der Waals surface area (Å²) < 4.78 is 10.8. The minimum Gasteiger partial charge on any atom is -0.494 e. The maximum atomic E-state index is 12.7. The molecular weight excluding hydrogens is 398 g/mol. The standard InChI is InChI=1S/C24H25NO4S/c1-4-16-7-9-18(10-8-16)22(26)25-23-21(24(27)29-6-3)20(15-30-23)17-11-13-19(14-12-17)28-5-2/h7-15H,4-6H2,1-3H3,(H,25,26). The number of aryl methyl sites for hydroxylation is 1. The molecule has 0 aliphatic carbocycles. The highest BCUT2D eigenvalue weighted by molar-refractivity contribution is 7.15. The lowest BCUT2D eigenvalue weighted by Crippen LogP contribution is -2.14. The van der Waals surface area contributed by atoms with Crippen molar-refractivity contribution in [2.24, 2.45) is 0 Å². The Morgan fingerprint density at radius 3 is 2.23 bits per heavy atom. The fourth-order valence-corrected chi connectivity index (χ4v) is 3.99. The molecule has 3 rings (SSSR count). The van der Waals surface area contributed by atoms with Crippen LogP contribution in [0.4, 0.5) is 5.00 Å². The van der Waals surface area contributed by atoms with E-state index < -0.39 is 5.97 Å². The Morgan fingerprint density at radius 1 is 0.933 bits per heavy atom. The zero-order valence-electron chi connectivity index (χ0n) is 17.4. The Morgan fingerprint density at radius 2 is 1.63 bits per heavy atom. The summed E-state index contributed by atoms with van der Waals surface area (Å²) in [6.07, 6.45) is 0.908. The van der Waals surface area contributed by atoms with Crippen LogP contribution >= 0.6 is 11.3 Å². The lowest BCUT2D eigenvalue weighted by atomic mass is 10.0. The van der Waals surface area contributed by atoms with Crippen molar-refractivity contribution in [3.05, 3.63) is 70.6 Å². The third-order valence-electron chi connectivity index (χ3n) is 4.60. The number of carbonyl (C=O) groups is 2. The van der Waals surface area contributed by atoms with Gasteiger partial charge >= 0.3 is 5.97 Å². The highest BCUT2D eigenvalue weighted by Crippen LogP contribution is 2.37. The van der Waals surface area contributed by atoms with Crippen LogP contribution in [0.25, 0.3) is 11.1 Å². The first-order valence-electron chi connectivity index (χ1n) is 9.99. The molecule has 0 atom stereocenters. The predicted octanol–water partition coefficient (Wildman–Crippen LogP) is 5.81. The Hall–Kier alpha value is -3.12. The van der Waals surface area contributed by atoms with Crippen molar-refractivity contribution in [3.8, 4) is 16.9 Å². The highest BCUT2D eigenvalue weighted by Gasteiger charge is 2.23. The first-order valence-corrected chi connectivity index (χ1v) is 10.9. The number of rotatable bonds is 8. The molecular formula is C24H25NO4S. The number of benzene rings is 2. The molecule has 30 heavy (non-hydrogen) atoms. The van der Waals surface area contributed by atoms with E-state index in [1.165, 1.54) is 11.3 Å². The van der Waals surface area contributed by atoms with E-state index in [0.717, 1.165) is 28.9 Å². The van der Waals surface area contributed by atoms with Crippen molar-refractivity contribution in [2.45, 2.75) is 27.2 Å². The van der Waals surface area contributed by atoms with Crippen LogP contribution in [-0.2, 0) is 11.2 Å². The van der Waals surface area contributed by atoms with Crippen molar-refractivity contribution < 1.29 is 19.1 Å². The van der Waals surface area contributed by atoms with Crippen molar-refractivity contribution in [1.29, 1.82) is 0 Å². The quantitative estimate of drug-likeness (QED) is 0.465. The van der Waals surface area contributed by atoms with Crippen LogP contribution in [0.15, 0.2) is 53.9 Å². The van der Waals surface area contributed by atoms with E-state index >= 15 is 0 Å². The molecule has 0 fully saturated rings. The number of anilines is 1. The topological polar surface area (TPSA) is 64.6 Å². The van der Waals surface area contributed by atoms with Crippen LogP contribution in [0.1, 0.15) is 47.1 Å². The molecule has 3 aromatic rings. The lowest BCUT2D eigenvalue weighted by molar-refractivity contribution is 0.0529. The fraction of sp³-hybridized carbons (Fsp3) is 0.250. The summed E-state index contributed by atoms with van der Waals surface area (Å²) in [4.78, 5) is 25.4. The number of thiophene rings is 1. The number of esters is 1. The number of hydrogen-bond donors (Lipinski definition) is 1. The SMILES string of the molecule is CCOC(=O)c1c(-c2ccc(OCC)cc2)csc1NC(=O)c1ccc(CC)cc1. The van der Waals surface area contributed by atoms with Gasteiger partial charge in [0, 0.05) is 16.5 Å². The molecule has 1 aromatic heterocycles. The second kappa shape index (κ2) is 10.1. The zero-order chi connectivity index (χ0) is 21.5. The van der Waals surface area contributed by atoms with Crippen LogP contribution in [0.2, 0.25) is 0 Å². The number of nitrogens with one attached hydrogen (secondary N) is 1. The number of ether oxygens (including phenoxy) is 2. The van der Waals surface area contributed by atoms with Gasteiger partial charge in [0.05, 0.1) is 13.2 Å². The van der Waals surface area contributed by atoms with Gasteiger partial charge in [0.2, 0.25) is 0 Å². The molecule has 5 nitrogen and oxygen atoms in total. The number of carbonyl (C=O) groups excluding carboxylic acids is 2. The minimum absolute atomic E-state index is 0.253. The van der Waals surface area contributed by atoms with Crippen molar-refractivity contribution in [1.82, 2.24) is 0 Å². The number of amides is 1. The molecule has 1 amide bonds. The molecule has 0 radical (unpaired) electrons. The lowest BCUT2D eigenvalue weighted by Gasteiger charge is -2.10. The van der Waals surface area contributed by atoms with Crippen molar-refractivity contribution >= 4 is 28.2 Å². The van der Waals surface area contributed by atoms with Gasteiger partial charge in [-0.25, -0.2) is 4.79 Å². The summed E-state index contributed by atoms with van der Waals surface area (Å²) in [6, 6.07) is 15.0. The molecule has 0 saturated carbocycles. The third kappa shape index (κ3) is 4.89. The van der Waals surface area contributed by atoms with E-state index in [1.807, 2.05) is 48.7 Å². The maximum Gasteiger partial charge on any atom is 0.341 e. The first-order chi connectivity index (χ1) is 14.6. The largest absolute Gasteiger partial charge is 0.494 e. The zero-order valence-corrected chi connectivity index (χ0v) is 18.2. The highest BCUT2D eigenvalue weighted by atomic mass is 32.1. The summed E-state index contributed by atoms with van der Waals surface area (Å²) in [5, 5.41) is 5.21. The fourth-order valence-electron chi connectivity index (χ4n) is 3.03. The summed E-state index contributed by atoms with van der Waals surface area (Å²) in [7, 11) is 0. The Bertz CT molecular complexity index is 1010. The van der Waals surface area contributed by atoms with Gasteiger partial charge in [0.1, 0.15) is 16.3 Å². The number of hydrogen-bond acceptors (Lipinski definition) is 5. The van der Waals surface area contributed by atoms with Gasteiger partial charge in [-0.05, 0) is 55.7 Å². The van der Waals surface area contributed by atoms with E-state index in [1.54, 1.807) is 19.1 Å². The van der Waals surface area contributed by atoms with Crippen LogP contribution in [0.3, 0.4) is 0 Å². The van der Waals surface area contributed by atoms with Crippen molar-refractivity contribution in [2.75, 3.05) is 18.5 Å². The van der Waals surface area contributed by atoms with E-state index in [-0.39, 0.29) is 12.5 Å². The Balaban J connectivity index is 1.92. The van der Waals surface area contributed by atoms with Gasteiger partial charge < -0.3 is 14.8 Å². The summed E-state index contributed by atoms with van der Waals surface area (Å²) in [5.74, 6) is 0.0424. The second-order valence-corrected chi connectivity index (χ2v) is 7.42. The van der Waals surface area contributed by atoms with E-state index in [2.05, 4.69) is 12.2 Å². The molecule has 6 heteroatoms. The molecule has 0 saturated heterocycles. The van der Waals surface area contributed by atoms with Crippen LogP contribution < -0.4 is 10.1 Å². The van der Waals surface area contributed by atoms with Gasteiger partial charge in [-0.3, -0.25) is 4.79 Å². The minimum atomic E-state index is -0.459. The third-order valence-corrected chi connectivity index (χ3v) is 5.49. The van der Waals surface area contributed by atoms with E-state index in [9.17, 15) is 9.59 Å². The predicted molar refractivity (Wildman–Crippen MR) is 121 cm³/mol. The van der Waals surface area contributed by atoms with Crippen LogP contribution in [-0.4, -0.2) is 25.1 Å². The second-order valence-electron chi connectivity index (χ2n) is 6.54. The molecule has 0 spiro atoms. The van der Waals surface area contributed by atoms with Gasteiger partial charge in [0.15, 0.2) is 0 Å². The van der Waals surface area contributed by atoms with Gasteiger partial charge in [-0.1, -0.05) is 31.2 Å². The molecule has 0 unspecified atom stereocenters. The maximum absolute atomic E-state index is 12.7. The molecule has 2 aromatic carbocycles. The molecule has 0 aliphatic heterocycles.